The van der Waals surface area contributed by atoms with E-state index in [0.29, 0.717) is 26.1 Å². The van der Waals surface area contributed by atoms with Crippen LogP contribution in [0.2, 0.25) is 0 Å². The molecule has 2 heterocycles. The third-order valence-corrected chi connectivity index (χ3v) is 2.95. The van der Waals surface area contributed by atoms with Gasteiger partial charge in [0, 0.05) is 7.11 Å². The molecule has 3 rings (SSSR count). The van der Waals surface area contributed by atoms with Gasteiger partial charge in [0.1, 0.15) is 0 Å². The van der Waals surface area contributed by atoms with Gasteiger partial charge in [0.05, 0.1) is 24.2 Å². The molecule has 0 aromatic rings. The number of rotatable bonds is 2. The molecule has 0 unspecified atom stereocenters. The molecule has 0 amide bonds. The van der Waals surface area contributed by atoms with Gasteiger partial charge >= 0.3 is 5.97 Å². The summed E-state index contributed by atoms with van der Waals surface area (Å²) in [5.41, 5.74) is -0.940. The number of carboxylic acids is 1. The fourth-order valence-electron chi connectivity index (χ4n) is 2.23. The zero-order valence-electron chi connectivity index (χ0n) is 7.00. The van der Waals surface area contributed by atoms with E-state index in [9.17, 15) is 4.79 Å². The Balaban J connectivity index is 2.13. The van der Waals surface area contributed by atoms with Crippen LogP contribution in [0.5, 0.6) is 0 Å². The van der Waals surface area contributed by atoms with Gasteiger partial charge in [0.2, 0.25) is 0 Å². The number of ether oxygens (including phenoxy) is 2. The summed E-state index contributed by atoms with van der Waals surface area (Å²) in [7, 11) is 1.61. The van der Waals surface area contributed by atoms with E-state index in [-0.39, 0.29) is 5.60 Å². The van der Waals surface area contributed by atoms with Gasteiger partial charge in [-0.1, -0.05) is 0 Å². The fraction of sp³-hybridized carbons (Fsp3) is 0.875. The number of aliphatic carboxylic acids is 1. The quantitative estimate of drug-likeness (QED) is 0.649. The molecule has 2 saturated heterocycles. The van der Waals surface area contributed by atoms with Crippen molar-refractivity contribution in [3.63, 3.8) is 0 Å². The highest BCUT2D eigenvalue weighted by Crippen LogP contribution is 2.54. The molecule has 4 heteroatoms. The number of hydrogen-bond donors (Lipinski definition) is 1. The van der Waals surface area contributed by atoms with Gasteiger partial charge in [-0.3, -0.25) is 4.79 Å². The molecule has 2 bridgehead atoms. The lowest BCUT2D eigenvalue weighted by atomic mass is 9.58. The summed E-state index contributed by atoms with van der Waals surface area (Å²) in [5, 5.41) is 8.91. The minimum Gasteiger partial charge on any atom is -0.481 e. The van der Waals surface area contributed by atoms with Gasteiger partial charge in [0.15, 0.2) is 0 Å². The summed E-state index contributed by atoms with van der Waals surface area (Å²) < 4.78 is 10.4. The van der Waals surface area contributed by atoms with Crippen molar-refractivity contribution in [2.45, 2.75) is 18.4 Å². The van der Waals surface area contributed by atoms with Crippen LogP contribution in [0.25, 0.3) is 0 Å². The Morgan fingerprint density at radius 2 is 2.17 bits per heavy atom. The van der Waals surface area contributed by atoms with Crippen LogP contribution >= 0.6 is 0 Å². The van der Waals surface area contributed by atoms with E-state index in [4.69, 9.17) is 14.6 Å². The van der Waals surface area contributed by atoms with Gasteiger partial charge < -0.3 is 14.6 Å². The lowest BCUT2D eigenvalue weighted by Crippen LogP contribution is -2.65. The van der Waals surface area contributed by atoms with Crippen LogP contribution < -0.4 is 0 Å². The van der Waals surface area contributed by atoms with Crippen molar-refractivity contribution in [3.8, 4) is 0 Å². The van der Waals surface area contributed by atoms with Crippen LogP contribution in [0.4, 0.5) is 0 Å². The van der Waals surface area contributed by atoms with Crippen LogP contribution in [0.15, 0.2) is 0 Å². The molecule has 0 aromatic carbocycles. The van der Waals surface area contributed by atoms with Crippen LogP contribution in [0.1, 0.15) is 12.8 Å². The van der Waals surface area contributed by atoms with Crippen molar-refractivity contribution in [1.82, 2.24) is 0 Å². The largest absolute Gasteiger partial charge is 0.481 e. The summed E-state index contributed by atoms with van der Waals surface area (Å²) in [6.07, 6.45) is 1.21. The van der Waals surface area contributed by atoms with Crippen LogP contribution in [-0.2, 0) is 14.3 Å². The third-order valence-electron chi connectivity index (χ3n) is 2.95. The molecular weight excluding hydrogens is 160 g/mol. The van der Waals surface area contributed by atoms with Crippen molar-refractivity contribution in [1.29, 1.82) is 0 Å². The Morgan fingerprint density at radius 3 is 2.67 bits per heavy atom. The molecule has 68 valence electrons. The summed E-state index contributed by atoms with van der Waals surface area (Å²) >= 11 is 0. The second-order valence-electron chi connectivity index (χ2n) is 3.82. The lowest BCUT2D eigenvalue weighted by molar-refractivity contribution is -0.251. The van der Waals surface area contributed by atoms with E-state index in [1.54, 1.807) is 7.11 Å². The van der Waals surface area contributed by atoms with Gasteiger partial charge in [-0.15, -0.1) is 0 Å². The third kappa shape index (κ3) is 0.820. The highest BCUT2D eigenvalue weighted by molar-refractivity contribution is 5.77. The SMILES string of the molecule is COC12COCC(C(=O)O)(C1)C2. The van der Waals surface area contributed by atoms with Crippen molar-refractivity contribution >= 4 is 5.97 Å². The smallest absolute Gasteiger partial charge is 0.312 e. The number of fused-ring (bicyclic) bond motifs is 2. The maximum Gasteiger partial charge on any atom is 0.312 e. The fourth-order valence-corrected chi connectivity index (χ4v) is 2.23. The Hall–Kier alpha value is -0.610. The van der Waals surface area contributed by atoms with Crippen LogP contribution in [0.3, 0.4) is 0 Å². The molecule has 1 saturated carbocycles. The Bertz CT molecular complexity index is 217. The molecule has 0 aromatic heterocycles. The van der Waals surface area contributed by atoms with Crippen molar-refractivity contribution in [3.05, 3.63) is 0 Å². The van der Waals surface area contributed by atoms with Crippen molar-refractivity contribution in [2.75, 3.05) is 20.3 Å². The molecule has 0 radical (unpaired) electrons. The Kier molecular flexibility index (Phi) is 1.47. The van der Waals surface area contributed by atoms with E-state index in [1.807, 2.05) is 0 Å². The van der Waals surface area contributed by atoms with Gasteiger partial charge in [-0.25, -0.2) is 0 Å². The van der Waals surface area contributed by atoms with E-state index < -0.39 is 11.4 Å². The maximum atomic E-state index is 10.8. The lowest BCUT2D eigenvalue weighted by Gasteiger charge is -2.56. The Labute approximate surface area is 70.5 Å². The molecule has 3 aliphatic rings. The van der Waals surface area contributed by atoms with Gasteiger partial charge in [-0.05, 0) is 12.8 Å². The minimum absolute atomic E-state index is 0.295. The zero-order chi connectivity index (χ0) is 8.82. The predicted octanol–water partition coefficient (Wildman–Crippen LogP) is 0.267. The molecule has 2 aliphatic heterocycles. The van der Waals surface area contributed by atoms with Crippen LogP contribution in [-0.4, -0.2) is 37.0 Å². The highest BCUT2D eigenvalue weighted by atomic mass is 16.5. The molecule has 4 nitrogen and oxygen atoms in total. The first-order valence-corrected chi connectivity index (χ1v) is 3.99. The van der Waals surface area contributed by atoms with Crippen molar-refractivity contribution < 1.29 is 19.4 Å². The molecule has 3 fully saturated rings. The number of methoxy groups -OCH3 is 1. The van der Waals surface area contributed by atoms with Gasteiger partial charge in [-0.2, -0.15) is 0 Å². The zero-order valence-corrected chi connectivity index (χ0v) is 7.00. The first kappa shape index (κ1) is 8.01. The second kappa shape index (κ2) is 2.20. The minimum atomic E-state index is -0.755. The molecule has 0 atom stereocenters. The first-order chi connectivity index (χ1) is 5.63. The first-order valence-electron chi connectivity index (χ1n) is 3.99. The molecular formula is C8H12O4. The predicted molar refractivity (Wildman–Crippen MR) is 39.9 cm³/mol. The normalized spacial score (nSPS) is 45.1. The van der Waals surface area contributed by atoms with Gasteiger partial charge in [0.25, 0.3) is 0 Å². The molecule has 0 spiro atoms. The van der Waals surface area contributed by atoms with E-state index in [1.165, 1.54) is 0 Å². The summed E-state index contributed by atoms with van der Waals surface area (Å²) in [6.45, 7) is 0.881. The number of carbonyl (C=O) groups is 1. The van der Waals surface area contributed by atoms with E-state index >= 15 is 0 Å². The number of hydrogen-bond acceptors (Lipinski definition) is 3. The van der Waals surface area contributed by atoms with Crippen molar-refractivity contribution in [2.24, 2.45) is 5.41 Å². The van der Waals surface area contributed by atoms with E-state index in [2.05, 4.69) is 0 Å². The highest BCUT2D eigenvalue weighted by Gasteiger charge is 2.63. The molecule has 1 N–H and O–H groups in total. The maximum absolute atomic E-state index is 10.8. The summed E-state index contributed by atoms with van der Waals surface area (Å²) in [6, 6.07) is 0. The monoisotopic (exact) mass is 172 g/mol. The molecule has 12 heavy (non-hydrogen) atoms. The number of carboxylic acid groups (broad SMARTS) is 1. The summed E-state index contributed by atoms with van der Waals surface area (Å²) in [4.78, 5) is 10.8. The average Bonchev–Trinajstić information content (AvgIpc) is 2.03. The topological polar surface area (TPSA) is 55.8 Å². The average molecular weight is 172 g/mol. The standard InChI is InChI=1S/C8H12O4/c1-11-8-2-7(3-8,6(9)10)4-12-5-8/h2-5H2,1H3,(H,9,10). The Morgan fingerprint density at radius 1 is 1.50 bits per heavy atom. The summed E-state index contributed by atoms with van der Waals surface area (Å²) in [5.74, 6) is -0.755. The molecule has 1 aliphatic carbocycles. The van der Waals surface area contributed by atoms with Crippen LogP contribution in [0, 0.1) is 5.41 Å². The van der Waals surface area contributed by atoms with E-state index in [0.717, 1.165) is 0 Å². The second-order valence-corrected chi connectivity index (χ2v) is 3.82.